The third-order valence-corrected chi connectivity index (χ3v) is 4.03. The summed E-state index contributed by atoms with van der Waals surface area (Å²) < 4.78 is 0. The van der Waals surface area contributed by atoms with Gasteiger partial charge in [0, 0.05) is 18.4 Å². The van der Waals surface area contributed by atoms with Gasteiger partial charge in [0.1, 0.15) is 5.78 Å². The first kappa shape index (κ1) is 10.0. The summed E-state index contributed by atoms with van der Waals surface area (Å²) in [5, 5.41) is 0. The van der Waals surface area contributed by atoms with Gasteiger partial charge in [0.05, 0.1) is 0 Å². The lowest BCUT2D eigenvalue weighted by molar-refractivity contribution is -0.113. The predicted octanol–water partition coefficient (Wildman–Crippen LogP) is 2.24. The summed E-state index contributed by atoms with van der Waals surface area (Å²) in [6.45, 7) is 3.20. The fourth-order valence-electron chi connectivity index (χ4n) is 2.70. The highest BCUT2D eigenvalue weighted by Gasteiger charge is 2.54. The number of rotatable bonds is 2. The number of hydrogen-bond donors (Lipinski definition) is 0. The highest BCUT2D eigenvalue weighted by atomic mass is 16.1. The molecular formula is C14H17NO. The van der Waals surface area contributed by atoms with Gasteiger partial charge in [-0.25, -0.2) is 0 Å². The first-order valence-electron chi connectivity index (χ1n) is 6.08. The van der Waals surface area contributed by atoms with E-state index in [0.29, 0.717) is 5.78 Å². The van der Waals surface area contributed by atoms with E-state index in [9.17, 15) is 4.79 Å². The van der Waals surface area contributed by atoms with E-state index in [0.717, 1.165) is 38.9 Å². The van der Waals surface area contributed by atoms with E-state index in [1.807, 2.05) is 0 Å². The molecule has 0 aromatic heterocycles. The fourth-order valence-corrected chi connectivity index (χ4v) is 2.70. The maximum absolute atomic E-state index is 11.3. The molecule has 2 aliphatic rings. The van der Waals surface area contributed by atoms with Crippen molar-refractivity contribution in [2.24, 2.45) is 5.41 Å². The number of benzene rings is 1. The van der Waals surface area contributed by atoms with Crippen LogP contribution in [-0.2, 0) is 11.3 Å². The van der Waals surface area contributed by atoms with E-state index in [4.69, 9.17) is 0 Å². The topological polar surface area (TPSA) is 20.3 Å². The molecule has 2 nitrogen and oxygen atoms in total. The number of Topliss-reactive ketones (excluding diaryl/α,β-unsaturated/α-hetero) is 1. The van der Waals surface area contributed by atoms with Gasteiger partial charge in [-0.1, -0.05) is 30.3 Å². The Balaban J connectivity index is 1.57. The van der Waals surface area contributed by atoms with Crippen LogP contribution in [0.15, 0.2) is 30.3 Å². The summed E-state index contributed by atoms with van der Waals surface area (Å²) in [6, 6.07) is 10.6. The minimum Gasteiger partial charge on any atom is -0.299 e. The molecule has 1 aliphatic heterocycles. The number of hydrogen-bond acceptors (Lipinski definition) is 2. The molecule has 1 heterocycles. The summed E-state index contributed by atoms with van der Waals surface area (Å²) in [4.78, 5) is 13.8. The SMILES string of the molecule is O=C1CC12CCN(Cc1ccccc1)CC2. The Morgan fingerprint density at radius 1 is 1.12 bits per heavy atom. The Hall–Kier alpha value is -1.15. The Morgan fingerprint density at radius 3 is 2.31 bits per heavy atom. The van der Waals surface area contributed by atoms with Crippen LogP contribution in [0.5, 0.6) is 0 Å². The number of ketones is 1. The van der Waals surface area contributed by atoms with E-state index in [1.54, 1.807) is 0 Å². The molecule has 0 bridgehead atoms. The van der Waals surface area contributed by atoms with Gasteiger partial charge in [-0.15, -0.1) is 0 Å². The monoisotopic (exact) mass is 215 g/mol. The largest absolute Gasteiger partial charge is 0.299 e. The molecule has 1 aliphatic carbocycles. The van der Waals surface area contributed by atoms with Crippen molar-refractivity contribution < 1.29 is 4.79 Å². The van der Waals surface area contributed by atoms with Crippen LogP contribution in [0, 0.1) is 5.41 Å². The summed E-state index contributed by atoms with van der Waals surface area (Å²) in [5.41, 5.74) is 1.51. The van der Waals surface area contributed by atoms with Gasteiger partial charge < -0.3 is 0 Å². The number of carbonyl (C=O) groups is 1. The molecule has 0 N–H and O–H groups in total. The van der Waals surface area contributed by atoms with E-state index >= 15 is 0 Å². The van der Waals surface area contributed by atoms with Crippen LogP contribution in [0.1, 0.15) is 24.8 Å². The molecule has 84 valence electrons. The van der Waals surface area contributed by atoms with Gasteiger partial charge in [-0.3, -0.25) is 9.69 Å². The molecule has 1 saturated carbocycles. The Kier molecular flexibility index (Phi) is 2.32. The summed E-state index contributed by atoms with van der Waals surface area (Å²) in [7, 11) is 0. The molecule has 1 saturated heterocycles. The standard InChI is InChI=1S/C14H17NO/c16-13-10-14(13)6-8-15(9-7-14)11-12-4-2-1-3-5-12/h1-5H,6-11H2. The molecular weight excluding hydrogens is 198 g/mol. The average Bonchev–Trinajstić information content (AvgIpc) is 2.94. The maximum Gasteiger partial charge on any atom is 0.140 e. The quantitative estimate of drug-likeness (QED) is 0.754. The van der Waals surface area contributed by atoms with Crippen LogP contribution in [0.3, 0.4) is 0 Å². The van der Waals surface area contributed by atoms with E-state index in [2.05, 4.69) is 35.2 Å². The highest BCUT2D eigenvalue weighted by Crippen LogP contribution is 2.49. The summed E-state index contributed by atoms with van der Waals surface area (Å²) in [6.07, 6.45) is 3.02. The Morgan fingerprint density at radius 2 is 1.75 bits per heavy atom. The average molecular weight is 215 g/mol. The third kappa shape index (κ3) is 1.78. The number of nitrogens with zero attached hydrogens (tertiary/aromatic N) is 1. The third-order valence-electron chi connectivity index (χ3n) is 4.03. The molecule has 0 atom stereocenters. The molecule has 1 aromatic rings. The van der Waals surface area contributed by atoms with Gasteiger partial charge in [-0.2, -0.15) is 0 Å². The Labute approximate surface area is 96.3 Å². The van der Waals surface area contributed by atoms with Crippen LogP contribution in [0.25, 0.3) is 0 Å². The first-order valence-corrected chi connectivity index (χ1v) is 6.08. The highest BCUT2D eigenvalue weighted by molar-refractivity contribution is 6.00. The minimum atomic E-state index is 0.132. The van der Waals surface area contributed by atoms with Crippen molar-refractivity contribution in [2.45, 2.75) is 25.8 Å². The van der Waals surface area contributed by atoms with Gasteiger partial charge in [0.2, 0.25) is 0 Å². The molecule has 1 aromatic carbocycles. The second-order valence-corrected chi connectivity index (χ2v) is 5.14. The lowest BCUT2D eigenvalue weighted by Crippen LogP contribution is -2.34. The van der Waals surface area contributed by atoms with Gasteiger partial charge in [0.25, 0.3) is 0 Å². The van der Waals surface area contributed by atoms with E-state index < -0.39 is 0 Å². The zero-order valence-corrected chi connectivity index (χ0v) is 9.48. The number of carbonyl (C=O) groups excluding carboxylic acids is 1. The van der Waals surface area contributed by atoms with Crippen LogP contribution < -0.4 is 0 Å². The molecule has 0 radical (unpaired) electrons. The lowest BCUT2D eigenvalue weighted by Gasteiger charge is -2.30. The molecule has 0 amide bonds. The van der Waals surface area contributed by atoms with Crippen LogP contribution in [-0.4, -0.2) is 23.8 Å². The van der Waals surface area contributed by atoms with Crippen molar-refractivity contribution in [1.29, 1.82) is 0 Å². The zero-order chi connectivity index (χ0) is 11.0. The molecule has 1 spiro atoms. The molecule has 2 heteroatoms. The van der Waals surface area contributed by atoms with Gasteiger partial charge in [0.15, 0.2) is 0 Å². The van der Waals surface area contributed by atoms with Crippen LogP contribution >= 0.6 is 0 Å². The fraction of sp³-hybridized carbons (Fsp3) is 0.500. The predicted molar refractivity (Wildman–Crippen MR) is 63.0 cm³/mol. The van der Waals surface area contributed by atoms with E-state index in [-0.39, 0.29) is 5.41 Å². The van der Waals surface area contributed by atoms with Crippen molar-refractivity contribution in [1.82, 2.24) is 4.90 Å². The van der Waals surface area contributed by atoms with Crippen molar-refractivity contribution in [3.63, 3.8) is 0 Å². The minimum absolute atomic E-state index is 0.132. The van der Waals surface area contributed by atoms with E-state index in [1.165, 1.54) is 5.56 Å². The molecule has 0 unspecified atom stereocenters. The molecule has 16 heavy (non-hydrogen) atoms. The first-order chi connectivity index (χ1) is 7.78. The Bertz CT molecular complexity index is 390. The smallest absolute Gasteiger partial charge is 0.140 e. The lowest BCUT2D eigenvalue weighted by atomic mass is 9.93. The molecule has 2 fully saturated rings. The van der Waals surface area contributed by atoms with Crippen molar-refractivity contribution >= 4 is 5.78 Å². The van der Waals surface area contributed by atoms with Crippen molar-refractivity contribution in [3.8, 4) is 0 Å². The second kappa shape index (κ2) is 3.70. The van der Waals surface area contributed by atoms with Gasteiger partial charge in [-0.05, 0) is 31.5 Å². The normalized spacial score (nSPS) is 23.6. The zero-order valence-electron chi connectivity index (χ0n) is 9.48. The second-order valence-electron chi connectivity index (χ2n) is 5.14. The maximum atomic E-state index is 11.3. The van der Waals surface area contributed by atoms with Crippen LogP contribution in [0.4, 0.5) is 0 Å². The van der Waals surface area contributed by atoms with Crippen LogP contribution in [0.2, 0.25) is 0 Å². The number of likely N-dealkylation sites (tertiary alicyclic amines) is 1. The summed E-state index contributed by atoms with van der Waals surface area (Å²) >= 11 is 0. The molecule has 3 rings (SSSR count). The van der Waals surface area contributed by atoms with Crippen molar-refractivity contribution in [2.75, 3.05) is 13.1 Å². The number of piperidine rings is 1. The van der Waals surface area contributed by atoms with Crippen molar-refractivity contribution in [3.05, 3.63) is 35.9 Å². The van der Waals surface area contributed by atoms with Gasteiger partial charge >= 0.3 is 0 Å². The summed E-state index contributed by atoms with van der Waals surface area (Å²) in [5.74, 6) is 0.506.